The van der Waals surface area contributed by atoms with E-state index in [1.54, 1.807) is 43.7 Å². The molecule has 30 heavy (non-hydrogen) atoms. The molecule has 0 radical (unpaired) electrons. The number of aryl methyl sites for hydroxylation is 1. The third-order valence-corrected chi connectivity index (χ3v) is 5.03. The summed E-state index contributed by atoms with van der Waals surface area (Å²) in [4.78, 5) is 12.0. The molecule has 8 heteroatoms. The van der Waals surface area contributed by atoms with Gasteiger partial charge in [0.05, 0.1) is 25.6 Å². The van der Waals surface area contributed by atoms with Crippen molar-refractivity contribution in [2.45, 2.75) is 13.8 Å². The Morgan fingerprint density at radius 3 is 2.50 bits per heavy atom. The fourth-order valence-corrected chi connectivity index (χ4v) is 3.38. The van der Waals surface area contributed by atoms with Crippen molar-refractivity contribution in [1.82, 2.24) is 9.99 Å². The van der Waals surface area contributed by atoms with Gasteiger partial charge in [0.25, 0.3) is 5.91 Å². The highest BCUT2D eigenvalue weighted by molar-refractivity contribution is 6.31. The number of benzene rings is 2. The van der Waals surface area contributed by atoms with Gasteiger partial charge < -0.3 is 14.6 Å². The Morgan fingerprint density at radius 2 is 1.80 bits per heavy atom. The molecule has 0 fully saturated rings. The van der Waals surface area contributed by atoms with E-state index >= 15 is 0 Å². The molecule has 0 saturated carbocycles. The molecule has 1 amide bonds. The number of amides is 1. The number of hydrogen-bond acceptors (Lipinski definition) is 4. The Labute approximate surface area is 185 Å². The minimum absolute atomic E-state index is 0.0949. The van der Waals surface area contributed by atoms with Crippen molar-refractivity contribution in [1.29, 1.82) is 0 Å². The molecule has 2 aromatic carbocycles. The zero-order valence-corrected chi connectivity index (χ0v) is 18.4. The maximum Gasteiger partial charge on any atom is 0.259 e. The Bertz CT molecular complexity index is 1080. The van der Waals surface area contributed by atoms with E-state index in [-0.39, 0.29) is 12.5 Å². The number of ether oxygens (including phenoxy) is 1. The molecule has 2 N–H and O–H groups in total. The molecular weight excluding hydrogens is 423 g/mol. The van der Waals surface area contributed by atoms with Gasteiger partial charge in [0.15, 0.2) is 0 Å². The molecular formula is C22H22Cl2N4O2. The molecule has 0 spiro atoms. The summed E-state index contributed by atoms with van der Waals surface area (Å²) in [6.07, 6.45) is 1.62. The summed E-state index contributed by atoms with van der Waals surface area (Å²) in [6.45, 7) is 4.05. The molecule has 3 aromatic rings. The quantitative estimate of drug-likeness (QED) is 0.399. The van der Waals surface area contributed by atoms with Crippen molar-refractivity contribution in [3.8, 4) is 11.4 Å². The van der Waals surface area contributed by atoms with Crippen LogP contribution in [0, 0.1) is 13.8 Å². The van der Waals surface area contributed by atoms with Crippen molar-refractivity contribution >= 4 is 41.0 Å². The van der Waals surface area contributed by atoms with Crippen LogP contribution >= 0.6 is 23.2 Å². The Balaban J connectivity index is 1.68. The number of carbonyl (C=O) groups is 1. The number of halogens is 2. The third kappa shape index (κ3) is 5.14. The molecule has 0 unspecified atom stereocenters. The average molecular weight is 445 g/mol. The first-order chi connectivity index (χ1) is 14.4. The van der Waals surface area contributed by atoms with Crippen LogP contribution in [0.15, 0.2) is 53.6 Å². The molecule has 156 valence electrons. The minimum Gasteiger partial charge on any atom is -0.495 e. The van der Waals surface area contributed by atoms with Crippen LogP contribution < -0.4 is 15.5 Å². The number of carbonyl (C=O) groups excluding carboxylic acids is 1. The molecule has 0 bridgehead atoms. The van der Waals surface area contributed by atoms with Gasteiger partial charge in [-0.3, -0.25) is 4.79 Å². The molecule has 1 heterocycles. The summed E-state index contributed by atoms with van der Waals surface area (Å²) >= 11 is 12.0. The first kappa shape index (κ1) is 21.7. The number of rotatable bonds is 7. The summed E-state index contributed by atoms with van der Waals surface area (Å²) in [5.41, 5.74) is 6.99. The van der Waals surface area contributed by atoms with Crippen LogP contribution in [0.3, 0.4) is 0 Å². The topological polar surface area (TPSA) is 67.6 Å². The fraction of sp³-hybridized carbons (Fsp3) is 0.182. The second-order valence-corrected chi connectivity index (χ2v) is 7.50. The van der Waals surface area contributed by atoms with Crippen molar-refractivity contribution < 1.29 is 9.53 Å². The largest absolute Gasteiger partial charge is 0.495 e. The molecule has 0 aliphatic rings. The Morgan fingerprint density at radius 1 is 1.10 bits per heavy atom. The smallest absolute Gasteiger partial charge is 0.259 e. The van der Waals surface area contributed by atoms with Crippen molar-refractivity contribution in [2.75, 3.05) is 19.0 Å². The number of hydrazone groups is 1. The lowest BCUT2D eigenvalue weighted by Gasteiger charge is -2.14. The van der Waals surface area contributed by atoms with E-state index in [0.717, 1.165) is 28.3 Å². The zero-order valence-electron chi connectivity index (χ0n) is 16.9. The van der Waals surface area contributed by atoms with E-state index in [0.29, 0.717) is 15.8 Å². The van der Waals surface area contributed by atoms with Crippen LogP contribution in [0.4, 0.5) is 5.69 Å². The van der Waals surface area contributed by atoms with Crippen molar-refractivity contribution in [3.05, 3.63) is 75.5 Å². The molecule has 3 rings (SSSR count). The first-order valence-corrected chi connectivity index (χ1v) is 9.99. The van der Waals surface area contributed by atoms with E-state index in [9.17, 15) is 4.79 Å². The van der Waals surface area contributed by atoms with Crippen molar-refractivity contribution in [3.63, 3.8) is 0 Å². The number of methoxy groups -OCH3 is 1. The normalized spacial score (nSPS) is 11.0. The van der Waals surface area contributed by atoms with E-state index in [4.69, 9.17) is 27.9 Å². The summed E-state index contributed by atoms with van der Waals surface area (Å²) < 4.78 is 7.51. The fourth-order valence-electron chi connectivity index (χ4n) is 3.09. The van der Waals surface area contributed by atoms with Crippen LogP contribution in [0.25, 0.3) is 5.69 Å². The lowest BCUT2D eigenvalue weighted by atomic mass is 10.2. The van der Waals surface area contributed by atoms with E-state index in [1.165, 1.54) is 0 Å². The number of nitrogens with zero attached hydrogens (tertiary/aromatic N) is 2. The van der Waals surface area contributed by atoms with Crippen LogP contribution in [0.5, 0.6) is 5.75 Å². The van der Waals surface area contributed by atoms with Gasteiger partial charge in [0, 0.05) is 32.7 Å². The molecule has 0 aliphatic heterocycles. The van der Waals surface area contributed by atoms with E-state index in [1.807, 2.05) is 36.6 Å². The summed E-state index contributed by atoms with van der Waals surface area (Å²) in [5, 5.41) is 8.35. The zero-order chi connectivity index (χ0) is 21.7. The lowest BCUT2D eigenvalue weighted by molar-refractivity contribution is -0.119. The van der Waals surface area contributed by atoms with Gasteiger partial charge >= 0.3 is 0 Å². The molecule has 0 aliphatic carbocycles. The van der Waals surface area contributed by atoms with Crippen LogP contribution in [-0.2, 0) is 4.79 Å². The Hall–Kier alpha value is -2.96. The van der Waals surface area contributed by atoms with Gasteiger partial charge in [-0.05, 0) is 62.4 Å². The predicted molar refractivity (Wildman–Crippen MR) is 122 cm³/mol. The highest BCUT2D eigenvalue weighted by atomic mass is 35.5. The van der Waals surface area contributed by atoms with Crippen LogP contribution in [-0.4, -0.2) is 30.3 Å². The van der Waals surface area contributed by atoms with Gasteiger partial charge in [-0.15, -0.1) is 0 Å². The SMILES string of the molecule is COc1ccc(Cl)cc1-n1c(C)cc(/C=N\NC(=O)CNc2ccc(Cl)cc2)c1C. The second kappa shape index (κ2) is 9.69. The van der Waals surface area contributed by atoms with Gasteiger partial charge in [-0.25, -0.2) is 5.43 Å². The Kier molecular flexibility index (Phi) is 7.03. The predicted octanol–water partition coefficient (Wildman–Crippen LogP) is 4.97. The van der Waals surface area contributed by atoms with Crippen molar-refractivity contribution in [2.24, 2.45) is 5.10 Å². The standard InChI is InChI=1S/C22H22Cl2N4O2/c1-14-10-16(15(2)28(14)20-11-18(24)6-9-21(20)30-3)12-26-27-22(29)13-25-19-7-4-17(23)5-8-19/h4-12,25H,13H2,1-3H3,(H,27,29)/b26-12-. The summed E-state index contributed by atoms with van der Waals surface area (Å²) in [6, 6.07) is 14.6. The van der Waals surface area contributed by atoms with Crippen LogP contribution in [0.2, 0.25) is 10.0 Å². The first-order valence-electron chi connectivity index (χ1n) is 9.23. The number of hydrogen-bond donors (Lipinski definition) is 2. The molecule has 1 aromatic heterocycles. The van der Waals surface area contributed by atoms with Crippen LogP contribution in [0.1, 0.15) is 17.0 Å². The van der Waals surface area contributed by atoms with Gasteiger partial charge in [-0.2, -0.15) is 5.10 Å². The van der Waals surface area contributed by atoms with Gasteiger partial charge in [0.2, 0.25) is 0 Å². The second-order valence-electron chi connectivity index (χ2n) is 6.63. The van der Waals surface area contributed by atoms with Gasteiger partial charge in [0.1, 0.15) is 5.75 Å². The van der Waals surface area contributed by atoms with Gasteiger partial charge in [-0.1, -0.05) is 23.2 Å². The maximum atomic E-state index is 12.0. The molecule has 0 atom stereocenters. The lowest BCUT2D eigenvalue weighted by Crippen LogP contribution is -2.25. The summed E-state index contributed by atoms with van der Waals surface area (Å²) in [7, 11) is 1.62. The molecule has 6 nitrogen and oxygen atoms in total. The third-order valence-electron chi connectivity index (χ3n) is 4.54. The average Bonchev–Trinajstić information content (AvgIpc) is 3.00. The summed E-state index contributed by atoms with van der Waals surface area (Å²) in [5.74, 6) is 0.456. The maximum absolute atomic E-state index is 12.0. The minimum atomic E-state index is -0.258. The number of aromatic nitrogens is 1. The highest BCUT2D eigenvalue weighted by Gasteiger charge is 2.14. The number of anilines is 1. The van der Waals surface area contributed by atoms with E-state index in [2.05, 4.69) is 15.8 Å². The highest BCUT2D eigenvalue weighted by Crippen LogP contribution is 2.30. The molecule has 0 saturated heterocycles. The number of nitrogens with one attached hydrogen (secondary N) is 2. The van der Waals surface area contributed by atoms with E-state index < -0.39 is 0 Å². The monoisotopic (exact) mass is 444 g/mol.